The lowest BCUT2D eigenvalue weighted by Crippen LogP contribution is -2.29. The SMILES string of the molecule is Cc1cc(C2C(c3ccccn3)NC(=S)N2Cc2ccncc2)c(C)n1-c1ccc(Cl)cc1. The monoisotopic (exact) mass is 473 g/mol. The summed E-state index contributed by atoms with van der Waals surface area (Å²) >= 11 is 12.0. The second kappa shape index (κ2) is 8.96. The minimum Gasteiger partial charge on any atom is -0.352 e. The molecule has 1 aromatic carbocycles. The predicted octanol–water partition coefficient (Wildman–Crippen LogP) is 5.71. The van der Waals surface area contributed by atoms with Gasteiger partial charge in [0.05, 0.1) is 17.8 Å². The number of thiocarbonyl (C=S) groups is 1. The van der Waals surface area contributed by atoms with Crippen LogP contribution in [0.15, 0.2) is 79.3 Å². The van der Waals surface area contributed by atoms with E-state index in [1.807, 2.05) is 55.0 Å². The highest BCUT2D eigenvalue weighted by atomic mass is 35.5. The zero-order valence-electron chi connectivity index (χ0n) is 18.4. The fourth-order valence-corrected chi connectivity index (χ4v) is 5.10. The Hall–Kier alpha value is -3.22. The van der Waals surface area contributed by atoms with Gasteiger partial charge >= 0.3 is 0 Å². The highest BCUT2D eigenvalue weighted by molar-refractivity contribution is 7.80. The van der Waals surface area contributed by atoms with Gasteiger partial charge in [-0.25, -0.2) is 0 Å². The molecule has 0 saturated carbocycles. The molecule has 4 heterocycles. The van der Waals surface area contributed by atoms with Gasteiger partial charge in [0.2, 0.25) is 0 Å². The summed E-state index contributed by atoms with van der Waals surface area (Å²) in [4.78, 5) is 11.1. The Kier molecular flexibility index (Phi) is 5.87. The van der Waals surface area contributed by atoms with Crippen molar-refractivity contribution in [3.05, 3.63) is 112 Å². The van der Waals surface area contributed by atoms with Gasteiger partial charge in [0.15, 0.2) is 5.11 Å². The average Bonchev–Trinajstić information content (AvgIpc) is 3.31. The lowest BCUT2D eigenvalue weighted by Gasteiger charge is -2.28. The molecule has 7 heteroatoms. The summed E-state index contributed by atoms with van der Waals surface area (Å²) in [6.07, 6.45) is 5.47. The highest BCUT2D eigenvalue weighted by Gasteiger charge is 2.41. The summed E-state index contributed by atoms with van der Waals surface area (Å²) in [6, 6.07) is 20.2. The van der Waals surface area contributed by atoms with Crippen molar-refractivity contribution in [1.82, 2.24) is 24.8 Å². The second-order valence-corrected chi connectivity index (χ2v) is 9.07. The van der Waals surface area contributed by atoms with Crippen LogP contribution < -0.4 is 5.32 Å². The molecule has 2 atom stereocenters. The molecular weight excluding hydrogens is 450 g/mol. The molecule has 33 heavy (non-hydrogen) atoms. The van der Waals surface area contributed by atoms with Gasteiger partial charge in [0.25, 0.3) is 0 Å². The summed E-state index contributed by atoms with van der Waals surface area (Å²) in [5.74, 6) is 0. The van der Waals surface area contributed by atoms with Crippen molar-refractivity contribution in [2.24, 2.45) is 0 Å². The van der Waals surface area contributed by atoms with Crippen LogP contribution in [0, 0.1) is 13.8 Å². The molecule has 5 rings (SSSR count). The Bertz CT molecular complexity index is 1270. The van der Waals surface area contributed by atoms with Crippen molar-refractivity contribution in [2.45, 2.75) is 32.5 Å². The lowest BCUT2D eigenvalue weighted by atomic mass is 9.96. The molecule has 1 N–H and O–H groups in total. The first kappa shape index (κ1) is 21.6. The number of rotatable bonds is 5. The Morgan fingerprint density at radius 3 is 2.45 bits per heavy atom. The van der Waals surface area contributed by atoms with Crippen LogP contribution in [0.25, 0.3) is 5.69 Å². The van der Waals surface area contributed by atoms with Crippen LogP contribution in [0.4, 0.5) is 0 Å². The molecule has 0 spiro atoms. The van der Waals surface area contributed by atoms with E-state index in [9.17, 15) is 0 Å². The van der Waals surface area contributed by atoms with E-state index in [-0.39, 0.29) is 12.1 Å². The molecule has 0 bridgehead atoms. The van der Waals surface area contributed by atoms with Crippen LogP contribution in [0.5, 0.6) is 0 Å². The third-order valence-corrected chi connectivity index (χ3v) is 6.78. The molecule has 1 fully saturated rings. The molecule has 1 aliphatic heterocycles. The van der Waals surface area contributed by atoms with E-state index in [1.54, 1.807) is 0 Å². The number of aromatic nitrogens is 3. The predicted molar refractivity (Wildman–Crippen MR) is 135 cm³/mol. The first-order valence-corrected chi connectivity index (χ1v) is 11.6. The Morgan fingerprint density at radius 1 is 1.00 bits per heavy atom. The molecule has 0 amide bonds. The summed E-state index contributed by atoms with van der Waals surface area (Å²) in [5, 5.41) is 5.00. The van der Waals surface area contributed by atoms with Crippen molar-refractivity contribution < 1.29 is 0 Å². The van der Waals surface area contributed by atoms with Crippen LogP contribution in [0.2, 0.25) is 5.02 Å². The first-order valence-electron chi connectivity index (χ1n) is 10.8. The van der Waals surface area contributed by atoms with Gasteiger partial charge in [-0.2, -0.15) is 0 Å². The lowest BCUT2D eigenvalue weighted by molar-refractivity contribution is 0.310. The van der Waals surface area contributed by atoms with Gasteiger partial charge in [-0.1, -0.05) is 17.7 Å². The van der Waals surface area contributed by atoms with Gasteiger partial charge in [-0.15, -0.1) is 0 Å². The first-order chi connectivity index (χ1) is 16.0. The Labute approximate surface area is 204 Å². The van der Waals surface area contributed by atoms with E-state index in [4.69, 9.17) is 23.8 Å². The van der Waals surface area contributed by atoms with E-state index in [2.05, 4.69) is 62.9 Å². The van der Waals surface area contributed by atoms with Gasteiger partial charge < -0.3 is 14.8 Å². The zero-order valence-corrected chi connectivity index (χ0v) is 20.0. The number of hydrogen-bond donors (Lipinski definition) is 1. The summed E-state index contributed by atoms with van der Waals surface area (Å²) in [5.41, 5.74) is 6.77. The molecule has 1 saturated heterocycles. The molecular formula is C26H24ClN5S. The summed E-state index contributed by atoms with van der Waals surface area (Å²) < 4.78 is 2.27. The van der Waals surface area contributed by atoms with Gasteiger partial charge in [0.1, 0.15) is 0 Å². The minimum atomic E-state index is -0.0558. The summed E-state index contributed by atoms with van der Waals surface area (Å²) in [7, 11) is 0. The maximum absolute atomic E-state index is 6.14. The number of halogens is 1. The maximum Gasteiger partial charge on any atom is 0.170 e. The third kappa shape index (κ3) is 4.12. The van der Waals surface area contributed by atoms with Crippen LogP contribution in [0.3, 0.4) is 0 Å². The molecule has 3 aromatic heterocycles. The largest absolute Gasteiger partial charge is 0.352 e. The van der Waals surface area contributed by atoms with Crippen LogP contribution in [0.1, 0.15) is 40.3 Å². The van der Waals surface area contributed by atoms with Crippen LogP contribution in [-0.4, -0.2) is 24.5 Å². The van der Waals surface area contributed by atoms with Crippen molar-refractivity contribution in [2.75, 3.05) is 0 Å². The van der Waals surface area contributed by atoms with E-state index >= 15 is 0 Å². The fraction of sp³-hybridized carbons (Fsp3) is 0.192. The van der Waals surface area contributed by atoms with Gasteiger partial charge in [-0.05, 0) is 91.8 Å². The fourth-order valence-electron chi connectivity index (χ4n) is 4.67. The Balaban J connectivity index is 1.61. The molecule has 5 nitrogen and oxygen atoms in total. The summed E-state index contributed by atoms with van der Waals surface area (Å²) in [6.45, 7) is 4.99. The van der Waals surface area contributed by atoms with Gasteiger partial charge in [-0.3, -0.25) is 9.97 Å². The third-order valence-electron chi connectivity index (χ3n) is 6.17. The normalized spacial score (nSPS) is 17.9. The number of nitrogens with zero attached hydrogens (tertiary/aromatic N) is 4. The smallest absolute Gasteiger partial charge is 0.170 e. The molecule has 0 aliphatic carbocycles. The van der Waals surface area contributed by atoms with Gasteiger partial charge in [0, 0.05) is 47.2 Å². The maximum atomic E-state index is 6.14. The van der Waals surface area contributed by atoms with E-state index in [0.717, 1.165) is 32.8 Å². The number of aryl methyl sites for hydroxylation is 1. The number of benzene rings is 1. The van der Waals surface area contributed by atoms with Crippen molar-refractivity contribution in [1.29, 1.82) is 0 Å². The number of hydrogen-bond acceptors (Lipinski definition) is 3. The zero-order chi connectivity index (χ0) is 22.9. The highest BCUT2D eigenvalue weighted by Crippen LogP contribution is 2.42. The van der Waals surface area contributed by atoms with Crippen LogP contribution >= 0.6 is 23.8 Å². The van der Waals surface area contributed by atoms with Crippen molar-refractivity contribution >= 4 is 28.9 Å². The second-order valence-electron chi connectivity index (χ2n) is 8.25. The quantitative estimate of drug-likeness (QED) is 0.376. The topological polar surface area (TPSA) is 46.0 Å². The van der Waals surface area contributed by atoms with Crippen molar-refractivity contribution in [3.8, 4) is 5.69 Å². The van der Waals surface area contributed by atoms with E-state index in [0.29, 0.717) is 6.54 Å². The molecule has 1 aliphatic rings. The van der Waals surface area contributed by atoms with E-state index in [1.165, 1.54) is 11.3 Å². The Morgan fingerprint density at radius 2 is 1.76 bits per heavy atom. The molecule has 166 valence electrons. The van der Waals surface area contributed by atoms with Crippen molar-refractivity contribution in [3.63, 3.8) is 0 Å². The standard InChI is InChI=1S/C26H24ClN5S/c1-17-15-22(18(2)32(17)21-8-6-20(27)7-9-21)25-24(23-5-3-4-12-29-23)30-26(33)31(25)16-19-10-13-28-14-11-19/h3-15,24-25H,16H2,1-2H3,(H,30,33). The minimum absolute atomic E-state index is 0.00665. The number of nitrogens with one attached hydrogen (secondary N) is 1. The molecule has 0 radical (unpaired) electrons. The van der Waals surface area contributed by atoms with Crippen LogP contribution in [-0.2, 0) is 6.54 Å². The molecule has 4 aromatic rings. The number of pyridine rings is 2. The molecule has 2 unspecified atom stereocenters. The average molecular weight is 474 g/mol. The van der Waals surface area contributed by atoms with E-state index < -0.39 is 0 Å².